The van der Waals surface area contributed by atoms with Crippen molar-refractivity contribution in [3.05, 3.63) is 71.1 Å². The molecule has 8 heteroatoms. The molecule has 2 aromatic carbocycles. The third-order valence-electron chi connectivity index (χ3n) is 3.92. The number of halogens is 1. The van der Waals surface area contributed by atoms with E-state index in [4.69, 9.17) is 16.1 Å². The monoisotopic (exact) mass is 398 g/mol. The second-order valence-corrected chi connectivity index (χ2v) is 6.49. The number of aromatic nitrogens is 2. The molecule has 0 saturated carbocycles. The fraction of sp³-hybridized carbons (Fsp3) is 0.200. The summed E-state index contributed by atoms with van der Waals surface area (Å²) in [5, 5.41) is 9.85. The van der Waals surface area contributed by atoms with Gasteiger partial charge >= 0.3 is 0 Å². The Bertz CT molecular complexity index is 926. The summed E-state index contributed by atoms with van der Waals surface area (Å²) < 4.78 is 5.16. The fourth-order valence-electron chi connectivity index (χ4n) is 2.42. The third-order valence-corrected chi connectivity index (χ3v) is 4.17. The molecule has 0 aliphatic carbocycles. The van der Waals surface area contributed by atoms with Gasteiger partial charge in [0.05, 0.1) is 6.54 Å². The molecule has 7 nitrogen and oxygen atoms in total. The van der Waals surface area contributed by atoms with Crippen molar-refractivity contribution in [2.24, 2.45) is 0 Å². The maximum absolute atomic E-state index is 11.9. The van der Waals surface area contributed by atoms with E-state index in [2.05, 4.69) is 20.8 Å². The highest BCUT2D eigenvalue weighted by molar-refractivity contribution is 6.30. The standard InChI is InChI=1S/C20H19ClN4O3/c21-16-8-6-15(7-9-16)20-24-19(28-25-20)11-10-17(26)23-13-18(27)22-12-14-4-2-1-3-5-14/h1-9H,10-13H2,(H,22,27)(H,23,26). The second kappa shape index (κ2) is 9.66. The lowest BCUT2D eigenvalue weighted by molar-refractivity contribution is -0.126. The van der Waals surface area contributed by atoms with Gasteiger partial charge in [-0.15, -0.1) is 0 Å². The number of rotatable bonds is 8. The van der Waals surface area contributed by atoms with Crippen LogP contribution in [-0.2, 0) is 22.6 Å². The van der Waals surface area contributed by atoms with Crippen LogP contribution in [0.2, 0.25) is 5.02 Å². The number of nitrogens with one attached hydrogen (secondary N) is 2. The quantitative estimate of drug-likeness (QED) is 0.608. The Morgan fingerprint density at radius 3 is 2.46 bits per heavy atom. The van der Waals surface area contributed by atoms with Crippen molar-refractivity contribution in [1.29, 1.82) is 0 Å². The molecule has 0 bridgehead atoms. The van der Waals surface area contributed by atoms with Crippen molar-refractivity contribution >= 4 is 23.4 Å². The Balaban J connectivity index is 1.38. The van der Waals surface area contributed by atoms with Gasteiger partial charge in [-0.2, -0.15) is 4.98 Å². The van der Waals surface area contributed by atoms with Crippen LogP contribution < -0.4 is 10.6 Å². The van der Waals surface area contributed by atoms with Crippen LogP contribution in [0.3, 0.4) is 0 Å². The number of hydrogen-bond acceptors (Lipinski definition) is 5. The summed E-state index contributed by atoms with van der Waals surface area (Å²) in [6.07, 6.45) is 0.437. The first kappa shape index (κ1) is 19.6. The van der Waals surface area contributed by atoms with Gasteiger partial charge in [-0.05, 0) is 29.8 Å². The molecule has 2 amide bonds. The first-order valence-electron chi connectivity index (χ1n) is 8.76. The van der Waals surface area contributed by atoms with Crippen LogP contribution in [0.4, 0.5) is 0 Å². The van der Waals surface area contributed by atoms with Crippen molar-refractivity contribution in [3.8, 4) is 11.4 Å². The lowest BCUT2D eigenvalue weighted by Crippen LogP contribution is -2.36. The Labute approximate surface area is 167 Å². The van der Waals surface area contributed by atoms with Gasteiger partial charge < -0.3 is 15.2 Å². The summed E-state index contributed by atoms with van der Waals surface area (Å²) in [7, 11) is 0. The summed E-state index contributed by atoms with van der Waals surface area (Å²) >= 11 is 5.85. The van der Waals surface area contributed by atoms with Crippen LogP contribution in [0.25, 0.3) is 11.4 Å². The van der Waals surface area contributed by atoms with Gasteiger partial charge in [-0.25, -0.2) is 0 Å². The summed E-state index contributed by atoms with van der Waals surface area (Å²) in [4.78, 5) is 28.0. The van der Waals surface area contributed by atoms with E-state index in [-0.39, 0.29) is 31.2 Å². The van der Waals surface area contributed by atoms with E-state index in [1.807, 2.05) is 30.3 Å². The highest BCUT2D eigenvalue weighted by Gasteiger charge is 2.11. The van der Waals surface area contributed by atoms with Crippen molar-refractivity contribution < 1.29 is 14.1 Å². The number of aryl methyl sites for hydroxylation is 1. The lowest BCUT2D eigenvalue weighted by Gasteiger charge is -2.06. The van der Waals surface area contributed by atoms with E-state index < -0.39 is 0 Å². The Morgan fingerprint density at radius 2 is 1.71 bits per heavy atom. The minimum Gasteiger partial charge on any atom is -0.350 e. The van der Waals surface area contributed by atoms with Gasteiger partial charge in [0.1, 0.15) is 0 Å². The maximum Gasteiger partial charge on any atom is 0.239 e. The Morgan fingerprint density at radius 1 is 0.964 bits per heavy atom. The van der Waals surface area contributed by atoms with Crippen LogP contribution in [-0.4, -0.2) is 28.5 Å². The molecule has 0 saturated heterocycles. The fourth-order valence-corrected chi connectivity index (χ4v) is 2.55. The lowest BCUT2D eigenvalue weighted by atomic mass is 10.2. The average molecular weight is 399 g/mol. The van der Waals surface area contributed by atoms with E-state index in [1.165, 1.54) is 0 Å². The highest BCUT2D eigenvalue weighted by atomic mass is 35.5. The van der Waals surface area contributed by atoms with E-state index >= 15 is 0 Å². The third kappa shape index (κ3) is 5.92. The van der Waals surface area contributed by atoms with Crippen LogP contribution >= 0.6 is 11.6 Å². The second-order valence-electron chi connectivity index (χ2n) is 6.06. The number of benzene rings is 2. The van der Waals surface area contributed by atoms with E-state index in [0.29, 0.717) is 23.3 Å². The van der Waals surface area contributed by atoms with E-state index in [0.717, 1.165) is 11.1 Å². The molecule has 0 aliphatic rings. The smallest absolute Gasteiger partial charge is 0.239 e. The molecule has 0 unspecified atom stereocenters. The van der Waals surface area contributed by atoms with Crippen LogP contribution in [0.15, 0.2) is 59.1 Å². The molecular weight excluding hydrogens is 380 g/mol. The highest BCUT2D eigenvalue weighted by Crippen LogP contribution is 2.18. The zero-order valence-electron chi connectivity index (χ0n) is 15.0. The molecule has 28 heavy (non-hydrogen) atoms. The molecule has 0 radical (unpaired) electrons. The molecule has 0 spiro atoms. The zero-order chi connectivity index (χ0) is 19.8. The molecule has 1 heterocycles. The maximum atomic E-state index is 11.9. The first-order valence-corrected chi connectivity index (χ1v) is 9.14. The molecule has 3 aromatic rings. The molecule has 1 aromatic heterocycles. The largest absolute Gasteiger partial charge is 0.350 e. The topological polar surface area (TPSA) is 97.1 Å². The predicted octanol–water partition coefficient (Wildman–Crippen LogP) is 2.76. The first-order chi connectivity index (χ1) is 13.6. The number of nitrogens with zero attached hydrogens (tertiary/aromatic N) is 2. The van der Waals surface area contributed by atoms with Gasteiger partial charge in [0.25, 0.3) is 0 Å². The molecule has 0 fully saturated rings. The summed E-state index contributed by atoms with van der Waals surface area (Å²) in [5.74, 6) is 0.280. The molecule has 0 aliphatic heterocycles. The number of carbonyl (C=O) groups is 2. The summed E-state index contributed by atoms with van der Waals surface area (Å²) in [5.41, 5.74) is 1.77. The summed E-state index contributed by atoms with van der Waals surface area (Å²) in [6.45, 7) is 0.344. The minimum atomic E-state index is -0.263. The van der Waals surface area contributed by atoms with Gasteiger partial charge in [0.2, 0.25) is 23.5 Å². The van der Waals surface area contributed by atoms with Crippen molar-refractivity contribution in [3.63, 3.8) is 0 Å². The number of hydrogen-bond donors (Lipinski definition) is 2. The van der Waals surface area contributed by atoms with Gasteiger partial charge in [-0.3, -0.25) is 9.59 Å². The van der Waals surface area contributed by atoms with Gasteiger partial charge in [-0.1, -0.05) is 47.1 Å². The predicted molar refractivity (Wildman–Crippen MR) is 104 cm³/mol. The van der Waals surface area contributed by atoms with Crippen molar-refractivity contribution in [1.82, 2.24) is 20.8 Å². The van der Waals surface area contributed by atoms with Gasteiger partial charge in [0, 0.05) is 30.0 Å². The molecule has 3 rings (SSSR count). The van der Waals surface area contributed by atoms with Crippen molar-refractivity contribution in [2.45, 2.75) is 19.4 Å². The number of carbonyl (C=O) groups excluding carboxylic acids is 2. The van der Waals surface area contributed by atoms with Crippen molar-refractivity contribution in [2.75, 3.05) is 6.54 Å². The normalized spacial score (nSPS) is 10.5. The average Bonchev–Trinajstić information content (AvgIpc) is 3.19. The number of amides is 2. The van der Waals surface area contributed by atoms with Crippen LogP contribution in [0.5, 0.6) is 0 Å². The molecule has 2 N–H and O–H groups in total. The molecular formula is C20H19ClN4O3. The minimum absolute atomic E-state index is 0.0779. The van der Waals surface area contributed by atoms with E-state index in [9.17, 15) is 9.59 Å². The SMILES string of the molecule is O=C(CCc1nc(-c2ccc(Cl)cc2)no1)NCC(=O)NCc1ccccc1. The molecule has 144 valence electrons. The Kier molecular flexibility index (Phi) is 6.75. The van der Waals surface area contributed by atoms with Crippen LogP contribution in [0.1, 0.15) is 17.9 Å². The van der Waals surface area contributed by atoms with Crippen LogP contribution in [0, 0.1) is 0 Å². The van der Waals surface area contributed by atoms with Gasteiger partial charge in [0.15, 0.2) is 0 Å². The molecule has 0 atom stereocenters. The Hall–Kier alpha value is -3.19. The van der Waals surface area contributed by atoms with E-state index in [1.54, 1.807) is 24.3 Å². The summed E-state index contributed by atoms with van der Waals surface area (Å²) in [6, 6.07) is 16.6. The zero-order valence-corrected chi connectivity index (χ0v) is 15.8.